The Morgan fingerprint density at radius 1 is 1.50 bits per heavy atom. The SMILES string of the molecule is Clc1cnc(OC[C@@H]2CCNC2)nc1. The first-order chi connectivity index (χ1) is 6.84. The lowest BCUT2D eigenvalue weighted by molar-refractivity contribution is 0.241. The molecule has 1 aromatic rings. The molecule has 0 radical (unpaired) electrons. The van der Waals surface area contributed by atoms with E-state index in [1.54, 1.807) is 0 Å². The largest absolute Gasteiger partial charge is 0.463 e. The summed E-state index contributed by atoms with van der Waals surface area (Å²) in [4.78, 5) is 7.91. The summed E-state index contributed by atoms with van der Waals surface area (Å²) in [5.41, 5.74) is 0. The highest BCUT2D eigenvalue weighted by Crippen LogP contribution is 2.11. The van der Waals surface area contributed by atoms with Crippen molar-refractivity contribution in [3.8, 4) is 6.01 Å². The molecule has 0 amide bonds. The molecule has 14 heavy (non-hydrogen) atoms. The van der Waals surface area contributed by atoms with Gasteiger partial charge >= 0.3 is 6.01 Å². The molecule has 0 aromatic carbocycles. The molecular weight excluding hydrogens is 202 g/mol. The van der Waals surface area contributed by atoms with Crippen LogP contribution in [0.15, 0.2) is 12.4 Å². The van der Waals surface area contributed by atoms with Gasteiger partial charge in [0.2, 0.25) is 0 Å². The molecule has 0 bridgehead atoms. The van der Waals surface area contributed by atoms with Crippen molar-refractivity contribution in [2.45, 2.75) is 6.42 Å². The van der Waals surface area contributed by atoms with Gasteiger partial charge in [0.1, 0.15) is 0 Å². The Morgan fingerprint density at radius 2 is 2.29 bits per heavy atom. The molecule has 4 nitrogen and oxygen atoms in total. The molecule has 2 heterocycles. The van der Waals surface area contributed by atoms with Gasteiger partial charge in [-0.05, 0) is 13.0 Å². The lowest BCUT2D eigenvalue weighted by Crippen LogP contribution is -2.16. The van der Waals surface area contributed by atoms with Gasteiger partial charge in [0.05, 0.1) is 24.0 Å². The average molecular weight is 214 g/mol. The molecule has 0 unspecified atom stereocenters. The second-order valence-electron chi connectivity index (χ2n) is 3.35. The first-order valence-electron chi connectivity index (χ1n) is 4.65. The molecule has 76 valence electrons. The Bertz CT molecular complexity index is 285. The highest BCUT2D eigenvalue weighted by atomic mass is 35.5. The zero-order valence-electron chi connectivity index (χ0n) is 7.74. The second kappa shape index (κ2) is 4.57. The molecule has 5 heteroatoms. The summed E-state index contributed by atoms with van der Waals surface area (Å²) in [5, 5.41) is 3.80. The van der Waals surface area contributed by atoms with E-state index in [0.717, 1.165) is 19.5 Å². The van der Waals surface area contributed by atoms with E-state index < -0.39 is 0 Å². The van der Waals surface area contributed by atoms with Gasteiger partial charge in [0.15, 0.2) is 0 Å². The number of rotatable bonds is 3. The van der Waals surface area contributed by atoms with Crippen molar-refractivity contribution >= 4 is 11.6 Å². The van der Waals surface area contributed by atoms with Crippen molar-refractivity contribution in [3.63, 3.8) is 0 Å². The third kappa shape index (κ3) is 2.56. The summed E-state index contributed by atoms with van der Waals surface area (Å²) in [7, 11) is 0. The van der Waals surface area contributed by atoms with Crippen molar-refractivity contribution < 1.29 is 4.74 Å². The first-order valence-corrected chi connectivity index (χ1v) is 5.03. The number of nitrogens with zero attached hydrogens (tertiary/aromatic N) is 2. The lowest BCUT2D eigenvalue weighted by atomic mass is 10.1. The van der Waals surface area contributed by atoms with Crippen LogP contribution >= 0.6 is 11.6 Å². The van der Waals surface area contributed by atoms with Crippen molar-refractivity contribution in [3.05, 3.63) is 17.4 Å². The third-order valence-corrected chi connectivity index (χ3v) is 2.40. The van der Waals surface area contributed by atoms with Crippen molar-refractivity contribution in [2.75, 3.05) is 19.7 Å². The molecule has 0 aliphatic carbocycles. The minimum atomic E-state index is 0.404. The summed E-state index contributed by atoms with van der Waals surface area (Å²) in [6.07, 6.45) is 4.24. The van der Waals surface area contributed by atoms with Gasteiger partial charge in [-0.2, -0.15) is 0 Å². The smallest absolute Gasteiger partial charge is 0.316 e. The highest BCUT2D eigenvalue weighted by Gasteiger charge is 2.15. The molecule has 0 spiro atoms. The zero-order valence-corrected chi connectivity index (χ0v) is 8.50. The van der Waals surface area contributed by atoms with Crippen molar-refractivity contribution in [1.29, 1.82) is 0 Å². The normalized spacial score (nSPS) is 21.1. The Balaban J connectivity index is 1.82. The van der Waals surface area contributed by atoms with E-state index in [1.807, 2.05) is 0 Å². The Labute approximate surface area is 87.7 Å². The van der Waals surface area contributed by atoms with Crippen molar-refractivity contribution in [1.82, 2.24) is 15.3 Å². The van der Waals surface area contributed by atoms with Crippen LogP contribution in [0.4, 0.5) is 0 Å². The maximum Gasteiger partial charge on any atom is 0.316 e. The summed E-state index contributed by atoms with van der Waals surface area (Å²) >= 11 is 5.65. The lowest BCUT2D eigenvalue weighted by Gasteiger charge is -2.08. The molecule has 0 saturated carbocycles. The Morgan fingerprint density at radius 3 is 2.93 bits per heavy atom. The average Bonchev–Trinajstić information content (AvgIpc) is 2.70. The number of nitrogens with one attached hydrogen (secondary N) is 1. The molecule has 1 aliphatic heterocycles. The molecule has 1 saturated heterocycles. The summed E-state index contributed by atoms with van der Waals surface area (Å²) in [6, 6.07) is 0.404. The van der Waals surface area contributed by atoms with Crippen LogP contribution in [-0.4, -0.2) is 29.7 Å². The van der Waals surface area contributed by atoms with Gasteiger partial charge in [0.25, 0.3) is 0 Å². The monoisotopic (exact) mass is 213 g/mol. The standard InChI is InChI=1S/C9H12ClN3O/c10-8-4-12-9(13-5-8)14-6-7-1-2-11-3-7/h4-5,7,11H,1-3,6H2/t7-/m1/s1. The van der Waals surface area contributed by atoms with Gasteiger partial charge in [-0.25, -0.2) is 9.97 Å². The fourth-order valence-corrected chi connectivity index (χ4v) is 1.52. The van der Waals surface area contributed by atoms with E-state index in [-0.39, 0.29) is 0 Å². The zero-order chi connectivity index (χ0) is 9.80. The highest BCUT2D eigenvalue weighted by molar-refractivity contribution is 6.30. The van der Waals surface area contributed by atoms with E-state index >= 15 is 0 Å². The van der Waals surface area contributed by atoms with Gasteiger partial charge < -0.3 is 10.1 Å². The van der Waals surface area contributed by atoms with Crippen LogP contribution in [0.5, 0.6) is 6.01 Å². The van der Waals surface area contributed by atoms with Crippen LogP contribution in [0, 0.1) is 5.92 Å². The maximum absolute atomic E-state index is 5.65. The Kier molecular flexibility index (Phi) is 3.16. The van der Waals surface area contributed by atoms with E-state index in [0.29, 0.717) is 23.6 Å². The predicted molar refractivity (Wildman–Crippen MR) is 53.5 cm³/mol. The predicted octanol–water partition coefficient (Wildman–Crippen LogP) is 1.12. The third-order valence-electron chi connectivity index (χ3n) is 2.21. The first kappa shape index (κ1) is 9.68. The molecule has 1 N–H and O–H groups in total. The summed E-state index contributed by atoms with van der Waals surface area (Å²) in [6.45, 7) is 2.78. The molecule has 1 aliphatic rings. The minimum absolute atomic E-state index is 0.404. The Hall–Kier alpha value is -0.870. The molecule has 1 fully saturated rings. The van der Waals surface area contributed by atoms with Gasteiger partial charge in [-0.1, -0.05) is 11.6 Å². The maximum atomic E-state index is 5.65. The molecular formula is C9H12ClN3O. The van der Waals surface area contributed by atoms with Crippen LogP contribution in [0.1, 0.15) is 6.42 Å². The summed E-state index contributed by atoms with van der Waals surface area (Å²) in [5.74, 6) is 0.578. The fourth-order valence-electron chi connectivity index (χ4n) is 1.42. The second-order valence-corrected chi connectivity index (χ2v) is 3.79. The van der Waals surface area contributed by atoms with Crippen LogP contribution in [-0.2, 0) is 0 Å². The topological polar surface area (TPSA) is 47.0 Å². The molecule has 2 rings (SSSR count). The van der Waals surface area contributed by atoms with E-state index in [9.17, 15) is 0 Å². The molecule has 1 atom stereocenters. The number of aromatic nitrogens is 2. The van der Waals surface area contributed by atoms with E-state index in [4.69, 9.17) is 16.3 Å². The van der Waals surface area contributed by atoms with Gasteiger partial charge in [-0.15, -0.1) is 0 Å². The van der Waals surface area contributed by atoms with E-state index in [2.05, 4.69) is 15.3 Å². The molecule has 1 aromatic heterocycles. The van der Waals surface area contributed by atoms with Crippen LogP contribution < -0.4 is 10.1 Å². The van der Waals surface area contributed by atoms with Gasteiger partial charge in [-0.3, -0.25) is 0 Å². The quantitative estimate of drug-likeness (QED) is 0.818. The van der Waals surface area contributed by atoms with Crippen LogP contribution in [0.3, 0.4) is 0 Å². The van der Waals surface area contributed by atoms with Gasteiger partial charge in [0, 0.05) is 12.5 Å². The number of halogens is 1. The number of hydrogen-bond acceptors (Lipinski definition) is 4. The number of ether oxygens (including phenoxy) is 1. The fraction of sp³-hybridized carbons (Fsp3) is 0.556. The van der Waals surface area contributed by atoms with Crippen molar-refractivity contribution in [2.24, 2.45) is 5.92 Å². The van der Waals surface area contributed by atoms with E-state index in [1.165, 1.54) is 12.4 Å². The summed E-state index contributed by atoms with van der Waals surface area (Å²) < 4.78 is 5.42. The minimum Gasteiger partial charge on any atom is -0.463 e. The number of hydrogen-bond donors (Lipinski definition) is 1. The van der Waals surface area contributed by atoms with Crippen LogP contribution in [0.2, 0.25) is 5.02 Å². The van der Waals surface area contributed by atoms with Crippen LogP contribution in [0.25, 0.3) is 0 Å².